The van der Waals surface area contributed by atoms with Crippen molar-refractivity contribution in [3.05, 3.63) is 0 Å². The van der Waals surface area contributed by atoms with E-state index in [2.05, 4.69) is 0 Å². The molecule has 0 aliphatic heterocycles. The van der Waals surface area contributed by atoms with E-state index in [0.29, 0.717) is 12.8 Å². The molecular formula is C8H14F2O. The van der Waals surface area contributed by atoms with Crippen molar-refractivity contribution in [3.63, 3.8) is 0 Å². The first-order chi connectivity index (χ1) is 5.04. The summed E-state index contributed by atoms with van der Waals surface area (Å²) in [4.78, 5) is 0. The topological polar surface area (TPSA) is 20.2 Å². The van der Waals surface area contributed by atoms with Crippen molar-refractivity contribution >= 4 is 0 Å². The number of hydrogen-bond acceptors (Lipinski definition) is 1. The molecule has 1 nitrogen and oxygen atoms in total. The zero-order valence-electron chi connectivity index (χ0n) is 6.69. The molecule has 1 saturated carbocycles. The first kappa shape index (κ1) is 8.91. The molecule has 2 atom stereocenters. The Morgan fingerprint density at radius 1 is 1.45 bits per heavy atom. The molecule has 1 aliphatic rings. The summed E-state index contributed by atoms with van der Waals surface area (Å²) in [5, 5.41) is 9.52. The highest BCUT2D eigenvalue weighted by molar-refractivity contribution is 4.87. The van der Waals surface area contributed by atoms with Gasteiger partial charge in [-0.25, -0.2) is 8.78 Å². The Morgan fingerprint density at radius 3 is 2.45 bits per heavy atom. The van der Waals surface area contributed by atoms with Gasteiger partial charge >= 0.3 is 0 Å². The minimum Gasteiger partial charge on any atom is -0.390 e. The zero-order valence-corrected chi connectivity index (χ0v) is 6.69. The van der Waals surface area contributed by atoms with Crippen LogP contribution in [0.3, 0.4) is 0 Å². The molecule has 0 spiro atoms. The Kier molecular flexibility index (Phi) is 2.47. The quantitative estimate of drug-likeness (QED) is 0.629. The van der Waals surface area contributed by atoms with E-state index < -0.39 is 17.9 Å². The molecule has 0 amide bonds. The predicted octanol–water partition coefficient (Wildman–Crippen LogP) is 2.19. The maximum absolute atomic E-state index is 12.3. The molecule has 1 fully saturated rings. The van der Waals surface area contributed by atoms with Crippen molar-refractivity contribution in [3.8, 4) is 0 Å². The van der Waals surface area contributed by atoms with Gasteiger partial charge in [0.25, 0.3) is 0 Å². The average Bonchev–Trinajstić information content (AvgIpc) is 1.85. The van der Waals surface area contributed by atoms with E-state index >= 15 is 0 Å². The maximum Gasteiger partial charge on any atom is 0.244 e. The third-order valence-corrected chi connectivity index (χ3v) is 2.55. The Bertz CT molecular complexity index is 134. The van der Waals surface area contributed by atoms with Crippen LogP contribution in [0.2, 0.25) is 0 Å². The number of alkyl halides is 2. The fourth-order valence-corrected chi connectivity index (χ4v) is 1.74. The molecule has 0 saturated heterocycles. The van der Waals surface area contributed by atoms with Gasteiger partial charge in [-0.15, -0.1) is 0 Å². The van der Waals surface area contributed by atoms with Gasteiger partial charge in [0, 0.05) is 5.92 Å². The first-order valence-corrected chi connectivity index (χ1v) is 4.04. The Morgan fingerprint density at radius 2 is 2.09 bits per heavy atom. The van der Waals surface area contributed by atoms with E-state index in [1.54, 1.807) is 0 Å². The molecule has 1 N–H and O–H groups in total. The van der Waals surface area contributed by atoms with Gasteiger partial charge in [-0.2, -0.15) is 0 Å². The fraction of sp³-hybridized carbons (Fsp3) is 1.00. The Hall–Kier alpha value is -0.180. The molecule has 3 heteroatoms. The van der Waals surface area contributed by atoms with Gasteiger partial charge in [-0.1, -0.05) is 12.8 Å². The summed E-state index contributed by atoms with van der Waals surface area (Å²) in [5.41, 5.74) is -1.13. The summed E-state index contributed by atoms with van der Waals surface area (Å²) >= 11 is 0. The average molecular weight is 164 g/mol. The van der Waals surface area contributed by atoms with E-state index in [-0.39, 0.29) is 0 Å². The van der Waals surface area contributed by atoms with Crippen molar-refractivity contribution in [2.45, 2.75) is 44.6 Å². The minimum absolute atomic E-state index is 0.463. The molecule has 0 aromatic rings. The summed E-state index contributed by atoms with van der Waals surface area (Å²) in [6.45, 7) is 1.52. The van der Waals surface area contributed by atoms with Gasteiger partial charge < -0.3 is 5.11 Å². The summed E-state index contributed by atoms with van der Waals surface area (Å²) in [5.74, 6) is -0.809. The van der Waals surface area contributed by atoms with Gasteiger partial charge in [-0.05, 0) is 19.8 Å². The number of aliphatic hydroxyl groups is 1. The molecule has 0 bridgehead atoms. The SMILES string of the molecule is CC1(O)CCCCC1C(F)F. The van der Waals surface area contributed by atoms with Crippen molar-refractivity contribution in [1.29, 1.82) is 0 Å². The lowest BCUT2D eigenvalue weighted by Gasteiger charge is -2.36. The van der Waals surface area contributed by atoms with Crippen LogP contribution in [0.4, 0.5) is 8.78 Å². The second-order valence-corrected chi connectivity index (χ2v) is 3.54. The van der Waals surface area contributed by atoms with Crippen molar-refractivity contribution in [2.75, 3.05) is 0 Å². The molecule has 1 aliphatic carbocycles. The smallest absolute Gasteiger partial charge is 0.244 e. The van der Waals surface area contributed by atoms with E-state index in [4.69, 9.17) is 0 Å². The standard InChI is InChI=1S/C8H14F2O/c1-8(11)5-3-2-4-6(8)7(9)10/h6-7,11H,2-5H2,1H3. The molecule has 2 unspecified atom stereocenters. The van der Waals surface area contributed by atoms with Crippen LogP contribution in [0.15, 0.2) is 0 Å². The van der Waals surface area contributed by atoms with Crippen LogP contribution in [-0.4, -0.2) is 17.1 Å². The lowest BCUT2D eigenvalue weighted by Crippen LogP contribution is -2.41. The van der Waals surface area contributed by atoms with Crippen molar-refractivity contribution in [1.82, 2.24) is 0 Å². The van der Waals surface area contributed by atoms with E-state index in [1.165, 1.54) is 6.92 Å². The minimum atomic E-state index is -2.37. The Labute approximate surface area is 65.4 Å². The van der Waals surface area contributed by atoms with Crippen molar-refractivity contribution in [2.24, 2.45) is 5.92 Å². The number of halogens is 2. The van der Waals surface area contributed by atoms with E-state index in [0.717, 1.165) is 12.8 Å². The lowest BCUT2D eigenvalue weighted by atomic mass is 9.77. The highest BCUT2D eigenvalue weighted by Gasteiger charge is 2.39. The normalized spacial score (nSPS) is 39.5. The van der Waals surface area contributed by atoms with Crippen LogP contribution >= 0.6 is 0 Å². The van der Waals surface area contributed by atoms with Gasteiger partial charge in [0.15, 0.2) is 0 Å². The molecule has 11 heavy (non-hydrogen) atoms. The van der Waals surface area contributed by atoms with Crippen LogP contribution in [0.25, 0.3) is 0 Å². The van der Waals surface area contributed by atoms with E-state index in [1.807, 2.05) is 0 Å². The predicted molar refractivity (Wildman–Crippen MR) is 38.6 cm³/mol. The van der Waals surface area contributed by atoms with Crippen LogP contribution in [0, 0.1) is 5.92 Å². The summed E-state index contributed by atoms with van der Waals surface area (Å²) < 4.78 is 24.5. The first-order valence-electron chi connectivity index (χ1n) is 4.04. The highest BCUT2D eigenvalue weighted by Crippen LogP contribution is 2.36. The van der Waals surface area contributed by atoms with Gasteiger partial charge in [0.2, 0.25) is 6.43 Å². The molecule has 66 valence electrons. The lowest BCUT2D eigenvalue weighted by molar-refractivity contribution is -0.0962. The molecule has 0 radical (unpaired) electrons. The van der Waals surface area contributed by atoms with Crippen molar-refractivity contribution < 1.29 is 13.9 Å². The van der Waals surface area contributed by atoms with Crippen LogP contribution in [0.5, 0.6) is 0 Å². The Balaban J connectivity index is 2.60. The number of hydrogen-bond donors (Lipinski definition) is 1. The molecule has 1 rings (SSSR count). The summed E-state index contributed by atoms with van der Waals surface area (Å²) in [6, 6.07) is 0. The third kappa shape index (κ3) is 1.89. The zero-order chi connectivity index (χ0) is 8.48. The number of rotatable bonds is 1. The fourth-order valence-electron chi connectivity index (χ4n) is 1.74. The second kappa shape index (κ2) is 3.05. The molecule has 0 aromatic heterocycles. The van der Waals surface area contributed by atoms with Gasteiger partial charge in [-0.3, -0.25) is 0 Å². The highest BCUT2D eigenvalue weighted by atomic mass is 19.3. The summed E-state index contributed by atoms with van der Waals surface area (Å²) in [6.07, 6.45) is 0.305. The molecular weight excluding hydrogens is 150 g/mol. The van der Waals surface area contributed by atoms with Gasteiger partial charge in [0.1, 0.15) is 0 Å². The summed E-state index contributed by atoms with van der Waals surface area (Å²) in [7, 11) is 0. The van der Waals surface area contributed by atoms with Crippen LogP contribution in [0.1, 0.15) is 32.6 Å². The van der Waals surface area contributed by atoms with Crippen LogP contribution in [-0.2, 0) is 0 Å². The maximum atomic E-state index is 12.3. The largest absolute Gasteiger partial charge is 0.390 e. The second-order valence-electron chi connectivity index (χ2n) is 3.54. The molecule has 0 heterocycles. The third-order valence-electron chi connectivity index (χ3n) is 2.55. The molecule has 0 aromatic carbocycles. The van der Waals surface area contributed by atoms with E-state index in [9.17, 15) is 13.9 Å². The van der Waals surface area contributed by atoms with Crippen LogP contribution < -0.4 is 0 Å². The van der Waals surface area contributed by atoms with Gasteiger partial charge in [0.05, 0.1) is 5.60 Å². The monoisotopic (exact) mass is 164 g/mol.